The fraction of sp³-hybridized carbons (Fsp3) is 0.346. The first-order chi connectivity index (χ1) is 15.6. The topological polar surface area (TPSA) is 85.5 Å². The lowest BCUT2D eigenvalue weighted by Crippen LogP contribution is -2.39. The minimum absolute atomic E-state index is 0.222. The second-order valence-corrected chi connectivity index (χ2v) is 10.4. The molecule has 1 aromatic heterocycles. The van der Waals surface area contributed by atoms with Crippen molar-refractivity contribution in [2.24, 2.45) is 5.73 Å². The summed E-state index contributed by atoms with van der Waals surface area (Å²) >= 11 is 1.64. The minimum atomic E-state index is -0.511. The number of benzene rings is 2. The smallest absolute Gasteiger partial charge is 0.410 e. The summed E-state index contributed by atoms with van der Waals surface area (Å²) in [6.07, 6.45) is 0.663. The number of hydrogen-bond donors (Lipinski definition) is 1. The molecule has 6 nitrogen and oxygen atoms in total. The number of fused-ring (bicyclic) bond motifs is 1. The molecule has 172 valence electrons. The monoisotopic (exact) mass is 463 g/mol. The summed E-state index contributed by atoms with van der Waals surface area (Å²) in [7, 11) is 0. The van der Waals surface area contributed by atoms with Crippen molar-refractivity contribution in [1.29, 1.82) is 0 Å². The van der Waals surface area contributed by atoms with Crippen molar-refractivity contribution in [3.05, 3.63) is 64.2 Å². The van der Waals surface area contributed by atoms with Crippen LogP contribution in [-0.2, 0) is 28.9 Å². The summed E-state index contributed by atoms with van der Waals surface area (Å²) in [5.41, 5.74) is 11.2. The van der Waals surface area contributed by atoms with Crippen LogP contribution in [0.3, 0.4) is 0 Å². The fourth-order valence-electron chi connectivity index (χ4n) is 4.02. The number of nitrogens with zero attached hydrogens (tertiary/aromatic N) is 2. The molecule has 7 heteroatoms. The number of amides is 2. The number of primary amides is 1. The highest BCUT2D eigenvalue weighted by atomic mass is 32.1. The van der Waals surface area contributed by atoms with Crippen LogP contribution in [0, 0.1) is 6.92 Å². The normalized spacial score (nSPS) is 13.5. The van der Waals surface area contributed by atoms with Crippen LogP contribution in [0.1, 0.15) is 42.5 Å². The first-order valence-corrected chi connectivity index (χ1v) is 11.9. The highest BCUT2D eigenvalue weighted by molar-refractivity contribution is 7.15. The Bertz CT molecular complexity index is 1210. The van der Waals surface area contributed by atoms with Gasteiger partial charge in [-0.25, -0.2) is 9.78 Å². The van der Waals surface area contributed by atoms with E-state index in [2.05, 4.69) is 19.1 Å². The Hall–Kier alpha value is -3.19. The van der Waals surface area contributed by atoms with Crippen molar-refractivity contribution in [1.82, 2.24) is 9.88 Å². The van der Waals surface area contributed by atoms with Crippen LogP contribution in [-0.4, -0.2) is 34.0 Å². The number of aromatic nitrogens is 1. The Morgan fingerprint density at radius 2 is 1.88 bits per heavy atom. The molecule has 3 aromatic rings. The molecule has 1 aliphatic heterocycles. The number of ether oxygens (including phenoxy) is 1. The van der Waals surface area contributed by atoms with Crippen LogP contribution in [0.15, 0.2) is 42.5 Å². The molecular weight excluding hydrogens is 434 g/mol. The summed E-state index contributed by atoms with van der Waals surface area (Å²) in [4.78, 5) is 31.6. The third-order valence-electron chi connectivity index (χ3n) is 5.56. The predicted molar refractivity (Wildman–Crippen MR) is 131 cm³/mol. The van der Waals surface area contributed by atoms with Gasteiger partial charge in [-0.3, -0.25) is 4.79 Å². The van der Waals surface area contributed by atoms with Crippen LogP contribution in [0.4, 0.5) is 4.79 Å². The zero-order valence-corrected chi connectivity index (χ0v) is 20.3. The molecule has 2 N–H and O–H groups in total. The molecule has 0 radical (unpaired) electrons. The highest BCUT2D eigenvalue weighted by Gasteiger charge is 2.28. The zero-order valence-electron chi connectivity index (χ0n) is 19.5. The Morgan fingerprint density at radius 3 is 2.61 bits per heavy atom. The lowest BCUT2D eigenvalue weighted by Gasteiger charge is -2.29. The number of nitrogens with two attached hydrogens (primary N) is 1. The van der Waals surface area contributed by atoms with Gasteiger partial charge in [-0.2, -0.15) is 0 Å². The molecule has 1 aliphatic rings. The lowest BCUT2D eigenvalue weighted by atomic mass is 9.95. The Morgan fingerprint density at radius 1 is 1.15 bits per heavy atom. The van der Waals surface area contributed by atoms with Crippen molar-refractivity contribution >= 4 is 23.3 Å². The minimum Gasteiger partial charge on any atom is -0.444 e. The van der Waals surface area contributed by atoms with Crippen LogP contribution in [0.2, 0.25) is 0 Å². The zero-order chi connectivity index (χ0) is 23.8. The third kappa shape index (κ3) is 5.25. The Kier molecular flexibility index (Phi) is 6.26. The van der Waals surface area contributed by atoms with Crippen molar-refractivity contribution in [3.63, 3.8) is 0 Å². The second kappa shape index (κ2) is 8.98. The number of carbonyl (C=O) groups excluding carboxylic acids is 2. The quantitative estimate of drug-likeness (QED) is 0.583. The maximum Gasteiger partial charge on any atom is 0.410 e. The second-order valence-electron chi connectivity index (χ2n) is 9.36. The van der Waals surface area contributed by atoms with E-state index in [1.54, 1.807) is 16.2 Å². The summed E-state index contributed by atoms with van der Waals surface area (Å²) < 4.78 is 5.54. The third-order valence-corrected chi connectivity index (χ3v) is 6.68. The molecule has 0 bridgehead atoms. The summed E-state index contributed by atoms with van der Waals surface area (Å²) in [6.45, 7) is 8.87. The van der Waals surface area contributed by atoms with Crippen molar-refractivity contribution in [3.8, 4) is 21.7 Å². The standard InChI is InChI=1S/C26H29N3O3S/c1-16-19(18-8-5-7-17(13-18)14-23(27)30)9-6-10-20(16)24-28-21-11-12-29(15-22(21)33-24)25(31)32-26(2,3)4/h5-10,13H,11-12,14-15H2,1-4H3,(H2,27,30). The van der Waals surface area contributed by atoms with Crippen molar-refractivity contribution < 1.29 is 14.3 Å². The number of rotatable bonds is 4. The molecule has 0 unspecified atom stereocenters. The summed E-state index contributed by atoms with van der Waals surface area (Å²) in [5, 5.41) is 0.957. The van der Waals surface area contributed by atoms with E-state index in [4.69, 9.17) is 15.5 Å². The van der Waals surface area contributed by atoms with E-state index >= 15 is 0 Å². The van der Waals surface area contributed by atoms with Gasteiger partial charge < -0.3 is 15.4 Å². The average Bonchev–Trinajstić information content (AvgIpc) is 3.15. The first kappa shape index (κ1) is 23.0. The van der Waals surface area contributed by atoms with Gasteiger partial charge in [0.2, 0.25) is 5.91 Å². The van der Waals surface area contributed by atoms with Gasteiger partial charge in [-0.15, -0.1) is 11.3 Å². The molecule has 0 spiro atoms. The number of hydrogen-bond acceptors (Lipinski definition) is 5. The van der Waals surface area contributed by atoms with Crippen molar-refractivity contribution in [2.45, 2.75) is 52.7 Å². The molecule has 2 aromatic carbocycles. The van der Waals surface area contributed by atoms with Gasteiger partial charge in [0, 0.05) is 23.4 Å². The van der Waals surface area contributed by atoms with E-state index < -0.39 is 5.60 Å². The maximum absolute atomic E-state index is 12.5. The Labute approximate surface area is 198 Å². The summed E-state index contributed by atoms with van der Waals surface area (Å²) in [6, 6.07) is 14.1. The number of thiazole rings is 1. The van der Waals surface area contributed by atoms with Crippen molar-refractivity contribution in [2.75, 3.05) is 6.54 Å². The molecule has 4 rings (SSSR count). The van der Waals surface area contributed by atoms with Gasteiger partial charge in [0.1, 0.15) is 10.6 Å². The van der Waals surface area contributed by atoms with E-state index in [0.717, 1.165) is 49.8 Å². The molecule has 0 atom stereocenters. The van der Waals surface area contributed by atoms with E-state index in [0.29, 0.717) is 13.1 Å². The molecule has 0 aliphatic carbocycles. The van der Waals surface area contributed by atoms with E-state index in [-0.39, 0.29) is 18.4 Å². The predicted octanol–water partition coefficient (Wildman–Crippen LogP) is 5.11. The molecule has 2 heterocycles. The highest BCUT2D eigenvalue weighted by Crippen LogP contribution is 2.37. The van der Waals surface area contributed by atoms with E-state index in [9.17, 15) is 9.59 Å². The lowest BCUT2D eigenvalue weighted by molar-refractivity contribution is -0.117. The average molecular weight is 464 g/mol. The van der Waals surface area contributed by atoms with Gasteiger partial charge >= 0.3 is 6.09 Å². The maximum atomic E-state index is 12.5. The Balaban J connectivity index is 1.61. The van der Waals surface area contributed by atoms with Crippen LogP contribution in [0.5, 0.6) is 0 Å². The molecular formula is C26H29N3O3S. The van der Waals surface area contributed by atoms with Crippen LogP contribution in [0.25, 0.3) is 21.7 Å². The van der Waals surface area contributed by atoms with Gasteiger partial charge in [-0.05, 0) is 49.9 Å². The molecule has 0 fully saturated rings. The fourth-order valence-corrected chi connectivity index (χ4v) is 5.23. The largest absolute Gasteiger partial charge is 0.444 e. The molecule has 0 saturated heterocycles. The first-order valence-electron chi connectivity index (χ1n) is 11.0. The van der Waals surface area contributed by atoms with E-state index in [1.807, 2.05) is 51.1 Å². The van der Waals surface area contributed by atoms with Gasteiger partial charge in [0.15, 0.2) is 0 Å². The summed E-state index contributed by atoms with van der Waals surface area (Å²) in [5.74, 6) is -0.341. The van der Waals surface area contributed by atoms with Crippen LogP contribution < -0.4 is 5.73 Å². The molecule has 33 heavy (non-hydrogen) atoms. The van der Waals surface area contributed by atoms with E-state index in [1.165, 1.54) is 0 Å². The van der Waals surface area contributed by atoms with Gasteiger partial charge in [0.05, 0.1) is 18.7 Å². The van der Waals surface area contributed by atoms with Crippen LogP contribution >= 0.6 is 11.3 Å². The van der Waals surface area contributed by atoms with Gasteiger partial charge in [-0.1, -0.05) is 42.5 Å². The molecule has 0 saturated carbocycles. The number of carbonyl (C=O) groups is 2. The van der Waals surface area contributed by atoms with Gasteiger partial charge in [0.25, 0.3) is 0 Å². The molecule has 2 amide bonds. The SMILES string of the molecule is Cc1c(-c2cccc(CC(N)=O)c2)cccc1-c1nc2c(s1)CN(C(=O)OC(C)(C)C)CC2.